The number of aromatic nitrogens is 1. The predicted molar refractivity (Wildman–Crippen MR) is 103 cm³/mol. The molecule has 27 heavy (non-hydrogen) atoms. The lowest BCUT2D eigenvalue weighted by molar-refractivity contribution is -0.132. The number of halogens is 1. The summed E-state index contributed by atoms with van der Waals surface area (Å²) < 4.78 is 13.0. The summed E-state index contributed by atoms with van der Waals surface area (Å²) in [5, 5.41) is 10.7. The van der Waals surface area contributed by atoms with Crippen molar-refractivity contribution in [3.63, 3.8) is 0 Å². The third-order valence-electron chi connectivity index (χ3n) is 4.11. The van der Waals surface area contributed by atoms with Crippen LogP contribution in [0.25, 0.3) is 0 Å². The molecule has 0 radical (unpaired) electrons. The molecular weight excluding hydrogens is 367 g/mol. The standard InChI is InChI=1S/C19H21FN4O2S/c1-19(2,3)15-11-27-18(21-15)22-17(26)14-8-9-16(25)24(23-14)10-12-4-6-13(20)7-5-12/h4-7,11H,8-10H2,1-3H3,(H,21,22,26). The molecule has 1 N–H and O–H groups in total. The van der Waals surface area contributed by atoms with Crippen LogP contribution in [0.5, 0.6) is 0 Å². The fourth-order valence-corrected chi connectivity index (χ4v) is 3.43. The van der Waals surface area contributed by atoms with E-state index in [1.54, 1.807) is 12.1 Å². The van der Waals surface area contributed by atoms with Crippen molar-refractivity contribution in [2.75, 3.05) is 5.32 Å². The van der Waals surface area contributed by atoms with Gasteiger partial charge in [-0.15, -0.1) is 11.3 Å². The molecule has 0 aliphatic carbocycles. The van der Waals surface area contributed by atoms with Gasteiger partial charge in [-0.3, -0.25) is 14.9 Å². The first-order valence-corrected chi connectivity index (χ1v) is 9.50. The Morgan fingerprint density at radius 1 is 1.26 bits per heavy atom. The number of nitrogens with one attached hydrogen (secondary N) is 1. The van der Waals surface area contributed by atoms with Gasteiger partial charge in [-0.05, 0) is 17.7 Å². The van der Waals surface area contributed by atoms with E-state index in [0.29, 0.717) is 5.13 Å². The first-order chi connectivity index (χ1) is 12.7. The van der Waals surface area contributed by atoms with Crippen LogP contribution in [0.2, 0.25) is 0 Å². The summed E-state index contributed by atoms with van der Waals surface area (Å²) in [6.45, 7) is 6.36. The number of amides is 2. The summed E-state index contributed by atoms with van der Waals surface area (Å²) in [6, 6.07) is 5.85. The normalized spacial score (nSPS) is 14.9. The number of thiazole rings is 1. The van der Waals surface area contributed by atoms with Gasteiger partial charge in [0.05, 0.1) is 12.2 Å². The van der Waals surface area contributed by atoms with E-state index in [0.717, 1.165) is 11.3 Å². The van der Waals surface area contributed by atoms with Gasteiger partial charge >= 0.3 is 0 Å². The molecule has 2 amide bonds. The van der Waals surface area contributed by atoms with Gasteiger partial charge in [0.15, 0.2) is 5.13 Å². The maximum atomic E-state index is 13.0. The highest BCUT2D eigenvalue weighted by atomic mass is 32.1. The molecule has 8 heteroatoms. The molecule has 0 bridgehead atoms. The van der Waals surface area contributed by atoms with Crippen LogP contribution < -0.4 is 5.32 Å². The first-order valence-electron chi connectivity index (χ1n) is 8.62. The number of benzene rings is 1. The number of carbonyl (C=O) groups is 2. The van der Waals surface area contributed by atoms with Crippen molar-refractivity contribution >= 4 is 34.0 Å². The van der Waals surface area contributed by atoms with E-state index < -0.39 is 0 Å². The summed E-state index contributed by atoms with van der Waals surface area (Å²) in [5.74, 6) is -0.869. The Morgan fingerprint density at radius 3 is 2.59 bits per heavy atom. The van der Waals surface area contributed by atoms with Crippen molar-refractivity contribution in [2.45, 2.75) is 45.6 Å². The number of hydrogen-bond donors (Lipinski definition) is 1. The molecule has 2 aromatic rings. The van der Waals surface area contributed by atoms with Gasteiger partial charge in [-0.1, -0.05) is 32.9 Å². The van der Waals surface area contributed by atoms with Crippen molar-refractivity contribution < 1.29 is 14.0 Å². The Hall–Kier alpha value is -2.61. The van der Waals surface area contributed by atoms with Crippen LogP contribution in [-0.2, 0) is 21.5 Å². The number of carbonyl (C=O) groups excluding carboxylic acids is 2. The van der Waals surface area contributed by atoms with Crippen molar-refractivity contribution in [3.05, 3.63) is 46.7 Å². The van der Waals surface area contributed by atoms with Crippen molar-refractivity contribution in [1.29, 1.82) is 0 Å². The van der Waals surface area contributed by atoms with Crippen LogP contribution in [0.15, 0.2) is 34.7 Å². The highest BCUT2D eigenvalue weighted by molar-refractivity contribution is 7.14. The molecule has 1 aromatic carbocycles. The third-order valence-corrected chi connectivity index (χ3v) is 4.86. The number of nitrogens with zero attached hydrogens (tertiary/aromatic N) is 3. The van der Waals surface area contributed by atoms with E-state index in [1.807, 2.05) is 5.38 Å². The molecule has 1 aliphatic heterocycles. The molecule has 1 aromatic heterocycles. The lowest BCUT2D eigenvalue weighted by Gasteiger charge is -2.23. The molecule has 142 valence electrons. The van der Waals surface area contributed by atoms with Crippen molar-refractivity contribution in [2.24, 2.45) is 5.10 Å². The summed E-state index contributed by atoms with van der Waals surface area (Å²) in [6.07, 6.45) is 0.487. The van der Waals surface area contributed by atoms with Crippen LogP contribution in [0.1, 0.15) is 44.9 Å². The SMILES string of the molecule is CC(C)(C)c1csc(NC(=O)C2=NN(Cc3ccc(F)cc3)C(=O)CC2)n1. The minimum atomic E-state index is -0.360. The summed E-state index contributed by atoms with van der Waals surface area (Å²) in [7, 11) is 0. The van der Waals surface area contributed by atoms with E-state index in [2.05, 4.69) is 36.2 Å². The molecule has 0 spiro atoms. The lowest BCUT2D eigenvalue weighted by Crippen LogP contribution is -2.36. The Balaban J connectivity index is 1.71. The lowest BCUT2D eigenvalue weighted by atomic mass is 9.93. The van der Waals surface area contributed by atoms with Gasteiger partial charge in [0.25, 0.3) is 5.91 Å². The quantitative estimate of drug-likeness (QED) is 0.868. The zero-order valence-electron chi connectivity index (χ0n) is 15.5. The van der Waals surface area contributed by atoms with Gasteiger partial charge in [-0.2, -0.15) is 5.10 Å². The van der Waals surface area contributed by atoms with Gasteiger partial charge in [0, 0.05) is 23.6 Å². The first kappa shape index (κ1) is 19.2. The molecule has 0 fully saturated rings. The topological polar surface area (TPSA) is 74.7 Å². The molecule has 3 rings (SSSR count). The second-order valence-corrected chi connectivity index (χ2v) is 8.22. The van der Waals surface area contributed by atoms with Gasteiger partial charge < -0.3 is 0 Å². The highest BCUT2D eigenvalue weighted by Gasteiger charge is 2.25. The number of rotatable bonds is 4. The molecule has 6 nitrogen and oxygen atoms in total. The van der Waals surface area contributed by atoms with Crippen molar-refractivity contribution in [1.82, 2.24) is 9.99 Å². The van der Waals surface area contributed by atoms with Gasteiger partial charge in [0.1, 0.15) is 11.5 Å². The maximum Gasteiger partial charge on any atom is 0.273 e. The molecule has 0 unspecified atom stereocenters. The molecule has 0 saturated heterocycles. The van der Waals surface area contributed by atoms with Gasteiger partial charge in [0.2, 0.25) is 5.91 Å². The van der Waals surface area contributed by atoms with E-state index in [-0.39, 0.29) is 48.1 Å². The molecule has 2 heterocycles. The van der Waals surface area contributed by atoms with Crippen molar-refractivity contribution in [3.8, 4) is 0 Å². The molecule has 0 atom stereocenters. The van der Waals surface area contributed by atoms with E-state index in [1.165, 1.54) is 28.5 Å². The fraction of sp³-hybridized carbons (Fsp3) is 0.368. The van der Waals surface area contributed by atoms with Gasteiger partial charge in [-0.25, -0.2) is 14.4 Å². The zero-order valence-corrected chi connectivity index (χ0v) is 16.3. The monoisotopic (exact) mass is 388 g/mol. The summed E-state index contributed by atoms with van der Waals surface area (Å²) >= 11 is 1.36. The average Bonchev–Trinajstić information content (AvgIpc) is 3.07. The summed E-state index contributed by atoms with van der Waals surface area (Å²) in [5.41, 5.74) is 1.83. The molecular formula is C19H21FN4O2S. The smallest absolute Gasteiger partial charge is 0.273 e. The zero-order chi connectivity index (χ0) is 19.6. The Labute approximate surface area is 161 Å². The van der Waals surface area contributed by atoms with E-state index >= 15 is 0 Å². The Kier molecular flexibility index (Phi) is 5.36. The number of anilines is 1. The van der Waals surface area contributed by atoms with E-state index in [9.17, 15) is 14.0 Å². The van der Waals surface area contributed by atoms with Crippen LogP contribution in [0.4, 0.5) is 9.52 Å². The Bertz CT molecular complexity index is 884. The maximum absolute atomic E-state index is 13.0. The largest absolute Gasteiger partial charge is 0.297 e. The van der Waals surface area contributed by atoms with E-state index in [4.69, 9.17) is 0 Å². The van der Waals surface area contributed by atoms with Crippen LogP contribution in [0, 0.1) is 5.82 Å². The minimum absolute atomic E-state index is 0.0970. The van der Waals surface area contributed by atoms with Crippen LogP contribution in [0.3, 0.4) is 0 Å². The highest BCUT2D eigenvalue weighted by Crippen LogP contribution is 2.26. The predicted octanol–water partition coefficient (Wildman–Crippen LogP) is 3.70. The fourth-order valence-electron chi connectivity index (χ4n) is 2.50. The second-order valence-electron chi connectivity index (χ2n) is 7.37. The number of hydrogen-bond acceptors (Lipinski definition) is 5. The molecule has 0 saturated carbocycles. The minimum Gasteiger partial charge on any atom is -0.297 e. The van der Waals surface area contributed by atoms with Crippen LogP contribution >= 0.6 is 11.3 Å². The number of hydrazone groups is 1. The Morgan fingerprint density at radius 2 is 1.96 bits per heavy atom. The summed E-state index contributed by atoms with van der Waals surface area (Å²) in [4.78, 5) is 29.1. The van der Waals surface area contributed by atoms with Crippen LogP contribution in [-0.4, -0.2) is 27.5 Å². The molecule has 1 aliphatic rings. The second kappa shape index (κ2) is 7.56. The third kappa shape index (κ3) is 4.77. The average molecular weight is 388 g/mol.